The minimum atomic E-state index is -0.182. The van der Waals surface area contributed by atoms with Crippen LogP contribution in [0.1, 0.15) is 32.0 Å². The first kappa shape index (κ1) is 24.2. The number of guanidine groups is 1. The van der Waals surface area contributed by atoms with Crippen molar-refractivity contribution in [3.05, 3.63) is 60.3 Å². The average Bonchev–Trinajstić information content (AvgIpc) is 3.20. The molecular formula is C23H31FIN7. The number of aryl methyl sites for hydroxylation is 1. The summed E-state index contributed by atoms with van der Waals surface area (Å²) in [6.45, 7) is 5.43. The summed E-state index contributed by atoms with van der Waals surface area (Å²) in [5.74, 6) is 1.64. The Morgan fingerprint density at radius 2 is 2.00 bits per heavy atom. The van der Waals surface area contributed by atoms with Crippen LogP contribution in [0.2, 0.25) is 0 Å². The van der Waals surface area contributed by atoms with Crippen molar-refractivity contribution in [3.63, 3.8) is 0 Å². The lowest BCUT2D eigenvalue weighted by molar-refractivity contribution is 0.461. The van der Waals surface area contributed by atoms with Crippen molar-refractivity contribution in [2.45, 2.75) is 38.6 Å². The molecule has 1 aliphatic heterocycles. The molecule has 4 rings (SSSR count). The van der Waals surface area contributed by atoms with Gasteiger partial charge in [-0.3, -0.25) is 9.39 Å². The molecule has 3 aromatic rings. The van der Waals surface area contributed by atoms with Crippen LogP contribution < -0.4 is 15.5 Å². The molecule has 0 spiro atoms. The highest BCUT2D eigenvalue weighted by atomic mass is 127. The van der Waals surface area contributed by atoms with Crippen LogP contribution in [0.4, 0.5) is 10.1 Å². The second kappa shape index (κ2) is 12.0. The molecule has 0 saturated carbocycles. The Morgan fingerprint density at radius 3 is 2.78 bits per heavy atom. The molecule has 0 radical (unpaired) electrons. The first-order chi connectivity index (χ1) is 15.2. The van der Waals surface area contributed by atoms with Crippen molar-refractivity contribution < 1.29 is 4.39 Å². The molecular weight excluding hydrogens is 520 g/mol. The van der Waals surface area contributed by atoms with Crippen LogP contribution in [0, 0.1) is 5.82 Å². The number of halogens is 2. The van der Waals surface area contributed by atoms with Gasteiger partial charge in [0.25, 0.3) is 0 Å². The van der Waals surface area contributed by atoms with Crippen molar-refractivity contribution in [2.75, 3.05) is 31.1 Å². The maximum absolute atomic E-state index is 13.5. The number of fused-ring (bicyclic) bond motifs is 1. The lowest BCUT2D eigenvalue weighted by Crippen LogP contribution is -2.48. The monoisotopic (exact) mass is 551 g/mol. The van der Waals surface area contributed by atoms with Gasteiger partial charge in [-0.15, -0.1) is 34.2 Å². The number of hydrogen-bond donors (Lipinski definition) is 2. The maximum atomic E-state index is 13.5. The number of nitrogens with zero attached hydrogens (tertiary/aromatic N) is 5. The number of rotatable bonds is 7. The largest absolute Gasteiger partial charge is 0.371 e. The second-order valence-electron chi connectivity index (χ2n) is 7.79. The number of aromatic nitrogens is 3. The highest BCUT2D eigenvalue weighted by Gasteiger charge is 2.20. The molecule has 0 unspecified atom stereocenters. The summed E-state index contributed by atoms with van der Waals surface area (Å²) in [4.78, 5) is 6.99. The van der Waals surface area contributed by atoms with Gasteiger partial charge < -0.3 is 15.5 Å². The first-order valence-corrected chi connectivity index (χ1v) is 11.1. The zero-order valence-corrected chi connectivity index (χ0v) is 20.7. The molecule has 7 nitrogen and oxygen atoms in total. The average molecular weight is 551 g/mol. The molecule has 32 heavy (non-hydrogen) atoms. The molecule has 1 aromatic carbocycles. The molecule has 3 heterocycles. The van der Waals surface area contributed by atoms with Crippen LogP contribution in [-0.2, 0) is 6.42 Å². The predicted octanol–water partition coefficient (Wildman–Crippen LogP) is 3.64. The van der Waals surface area contributed by atoms with Gasteiger partial charge in [-0.1, -0.05) is 12.1 Å². The molecule has 0 amide bonds. The zero-order chi connectivity index (χ0) is 21.5. The van der Waals surface area contributed by atoms with Crippen LogP contribution >= 0.6 is 24.0 Å². The van der Waals surface area contributed by atoms with Crippen LogP contribution in [0.15, 0.2) is 53.7 Å². The van der Waals surface area contributed by atoms with Crippen molar-refractivity contribution >= 4 is 41.3 Å². The third kappa shape index (κ3) is 6.30. The zero-order valence-electron chi connectivity index (χ0n) is 18.4. The number of nitrogens with one attached hydrogen (secondary N) is 2. The molecule has 0 bridgehead atoms. The smallest absolute Gasteiger partial charge is 0.191 e. The van der Waals surface area contributed by atoms with E-state index in [1.165, 1.54) is 6.07 Å². The third-order valence-electron chi connectivity index (χ3n) is 5.57. The fraction of sp³-hybridized carbons (Fsp3) is 0.435. The Hall–Kier alpha value is -2.43. The van der Waals surface area contributed by atoms with E-state index >= 15 is 0 Å². The lowest BCUT2D eigenvalue weighted by atomic mass is 10.0. The Morgan fingerprint density at radius 1 is 1.16 bits per heavy atom. The highest BCUT2D eigenvalue weighted by molar-refractivity contribution is 14.0. The van der Waals surface area contributed by atoms with Gasteiger partial charge >= 0.3 is 0 Å². The van der Waals surface area contributed by atoms with E-state index in [2.05, 4.69) is 32.7 Å². The molecule has 2 N–H and O–H groups in total. The Labute approximate surface area is 205 Å². The Balaban J connectivity index is 0.00000289. The Bertz CT molecular complexity index is 1010. The van der Waals surface area contributed by atoms with Crippen molar-refractivity contribution in [1.29, 1.82) is 0 Å². The summed E-state index contributed by atoms with van der Waals surface area (Å²) >= 11 is 0. The van der Waals surface area contributed by atoms with Gasteiger partial charge in [0.05, 0.1) is 0 Å². The normalized spacial score (nSPS) is 14.9. The lowest BCUT2D eigenvalue weighted by Gasteiger charge is -2.34. The van der Waals surface area contributed by atoms with Crippen LogP contribution in [0.25, 0.3) is 5.65 Å². The minimum Gasteiger partial charge on any atom is -0.371 e. The van der Waals surface area contributed by atoms with Gasteiger partial charge in [-0.2, -0.15) is 0 Å². The van der Waals surface area contributed by atoms with Crippen LogP contribution in [0.5, 0.6) is 0 Å². The van der Waals surface area contributed by atoms with Gasteiger partial charge in [-0.25, -0.2) is 4.39 Å². The number of aliphatic imine (C=N–C) groups is 1. The quantitative estimate of drug-likeness (QED) is 0.203. The van der Waals surface area contributed by atoms with E-state index in [1.54, 1.807) is 12.1 Å². The number of hydrogen-bond acceptors (Lipinski definition) is 4. The number of piperidine rings is 1. The van der Waals surface area contributed by atoms with E-state index in [9.17, 15) is 4.39 Å². The fourth-order valence-electron chi connectivity index (χ4n) is 3.96. The van der Waals surface area contributed by atoms with Gasteiger partial charge in [0.2, 0.25) is 0 Å². The molecule has 1 fully saturated rings. The van der Waals surface area contributed by atoms with E-state index in [0.29, 0.717) is 6.04 Å². The van der Waals surface area contributed by atoms with Gasteiger partial charge in [0.1, 0.15) is 11.6 Å². The first-order valence-electron chi connectivity index (χ1n) is 11.1. The van der Waals surface area contributed by atoms with Crippen LogP contribution in [0.3, 0.4) is 0 Å². The highest BCUT2D eigenvalue weighted by Crippen LogP contribution is 2.20. The van der Waals surface area contributed by atoms with Crippen molar-refractivity contribution in [1.82, 2.24) is 25.2 Å². The standard InChI is InChI=1S/C23H30FN7.HI/c1-2-25-23(26-13-6-10-22-29-28-21-9-3-4-14-31(21)22)27-19-11-15-30(16-12-19)20-8-5-7-18(24)17-20;/h3-5,7-9,14,17,19H,2,6,10-13,15-16H2,1H3,(H2,25,26,27);1H. The summed E-state index contributed by atoms with van der Waals surface area (Å²) < 4.78 is 15.5. The van der Waals surface area contributed by atoms with E-state index in [4.69, 9.17) is 4.99 Å². The SMILES string of the molecule is CCNC(=NCCCc1nnc2ccccn12)NC1CCN(c2cccc(F)c2)CC1.I. The van der Waals surface area contributed by atoms with E-state index in [1.807, 2.05) is 34.9 Å². The number of benzene rings is 1. The molecule has 0 atom stereocenters. The molecule has 9 heteroatoms. The number of pyridine rings is 1. The molecule has 1 aliphatic rings. The van der Waals surface area contributed by atoms with Crippen molar-refractivity contribution in [2.24, 2.45) is 4.99 Å². The fourth-order valence-corrected chi connectivity index (χ4v) is 3.96. The topological polar surface area (TPSA) is 69.8 Å². The molecule has 2 aromatic heterocycles. The summed E-state index contributed by atoms with van der Waals surface area (Å²) in [5.41, 5.74) is 1.83. The number of anilines is 1. The molecule has 0 aliphatic carbocycles. The summed E-state index contributed by atoms with van der Waals surface area (Å²) in [6.07, 6.45) is 5.72. The molecule has 1 saturated heterocycles. The third-order valence-corrected chi connectivity index (χ3v) is 5.57. The van der Waals surface area contributed by atoms with Crippen LogP contribution in [-0.4, -0.2) is 52.8 Å². The summed E-state index contributed by atoms with van der Waals surface area (Å²) in [5, 5.41) is 15.4. The van der Waals surface area contributed by atoms with E-state index < -0.39 is 0 Å². The molecule has 172 valence electrons. The van der Waals surface area contributed by atoms with E-state index in [-0.39, 0.29) is 29.8 Å². The summed E-state index contributed by atoms with van der Waals surface area (Å²) in [7, 11) is 0. The predicted molar refractivity (Wildman–Crippen MR) is 137 cm³/mol. The van der Waals surface area contributed by atoms with Crippen molar-refractivity contribution in [3.8, 4) is 0 Å². The van der Waals surface area contributed by atoms with Gasteiger partial charge in [0.15, 0.2) is 11.6 Å². The minimum absolute atomic E-state index is 0. The van der Waals surface area contributed by atoms with E-state index in [0.717, 1.165) is 75.0 Å². The Kier molecular flexibility index (Phi) is 9.07. The maximum Gasteiger partial charge on any atom is 0.191 e. The van der Waals surface area contributed by atoms with Gasteiger partial charge in [-0.05, 0) is 56.5 Å². The van der Waals surface area contributed by atoms with Gasteiger partial charge in [0, 0.05) is 50.5 Å². The summed E-state index contributed by atoms with van der Waals surface area (Å²) in [6, 6.07) is 13.1. The second-order valence-corrected chi connectivity index (χ2v) is 7.79.